The van der Waals surface area contributed by atoms with Gasteiger partial charge in [-0.15, -0.1) is 0 Å². The van der Waals surface area contributed by atoms with E-state index in [1.807, 2.05) is 0 Å². The zero-order valence-corrected chi connectivity index (χ0v) is 13.4. The first kappa shape index (κ1) is 17.7. The summed E-state index contributed by atoms with van der Waals surface area (Å²) in [6.45, 7) is 6.52. The van der Waals surface area contributed by atoms with Crippen LogP contribution in [-0.2, 0) is 23.7 Å². The number of esters is 1. The van der Waals surface area contributed by atoms with Crippen molar-refractivity contribution in [3.8, 4) is 0 Å². The van der Waals surface area contributed by atoms with Crippen LogP contribution >= 0.6 is 0 Å². The molecule has 122 valence electrons. The lowest BCUT2D eigenvalue weighted by Crippen LogP contribution is -2.44. The molecular formula is C14H25NO6. The van der Waals surface area contributed by atoms with Crippen molar-refractivity contribution in [3.63, 3.8) is 0 Å². The van der Waals surface area contributed by atoms with E-state index in [1.165, 1.54) is 12.0 Å². The van der Waals surface area contributed by atoms with Crippen molar-refractivity contribution < 1.29 is 28.5 Å². The molecule has 7 heteroatoms. The molecule has 1 aliphatic heterocycles. The van der Waals surface area contributed by atoms with Crippen molar-refractivity contribution in [1.82, 2.24) is 4.90 Å². The van der Waals surface area contributed by atoms with Crippen LogP contribution in [0.1, 0.15) is 27.2 Å². The molecule has 1 aliphatic rings. The van der Waals surface area contributed by atoms with Crippen LogP contribution in [0.2, 0.25) is 0 Å². The summed E-state index contributed by atoms with van der Waals surface area (Å²) in [6, 6.07) is -0.669. The van der Waals surface area contributed by atoms with E-state index in [4.69, 9.17) is 18.9 Å². The highest BCUT2D eigenvalue weighted by atomic mass is 16.6. The number of rotatable bonds is 5. The monoisotopic (exact) mass is 303 g/mol. The average molecular weight is 303 g/mol. The third-order valence-corrected chi connectivity index (χ3v) is 3.00. The molecule has 0 aromatic rings. The Bertz CT molecular complexity index is 365. The number of amides is 1. The summed E-state index contributed by atoms with van der Waals surface area (Å²) in [7, 11) is 2.89. The molecule has 1 unspecified atom stereocenters. The number of likely N-dealkylation sites (tertiary alicyclic amines) is 1. The van der Waals surface area contributed by atoms with Gasteiger partial charge in [-0.05, 0) is 20.8 Å². The Morgan fingerprint density at radius 3 is 2.38 bits per heavy atom. The van der Waals surface area contributed by atoms with Crippen LogP contribution in [0.15, 0.2) is 0 Å². The molecule has 1 saturated heterocycles. The first-order chi connectivity index (χ1) is 9.78. The molecule has 7 nitrogen and oxygen atoms in total. The minimum absolute atomic E-state index is 0.225. The van der Waals surface area contributed by atoms with Crippen LogP contribution in [0.4, 0.5) is 4.79 Å². The summed E-state index contributed by atoms with van der Waals surface area (Å²) in [4.78, 5) is 25.4. The molecule has 0 aromatic carbocycles. The normalized spacial score (nSPS) is 22.2. The van der Waals surface area contributed by atoms with E-state index in [9.17, 15) is 9.59 Å². The number of carbonyl (C=O) groups is 2. The molecule has 0 radical (unpaired) electrons. The maximum atomic E-state index is 12.2. The Hall–Kier alpha value is -1.34. The molecule has 0 aromatic heterocycles. The molecule has 0 saturated carbocycles. The maximum absolute atomic E-state index is 12.2. The molecular weight excluding hydrogens is 278 g/mol. The Morgan fingerprint density at radius 1 is 1.19 bits per heavy atom. The number of hydrogen-bond acceptors (Lipinski definition) is 6. The maximum Gasteiger partial charge on any atom is 0.411 e. The summed E-state index contributed by atoms with van der Waals surface area (Å²) in [5, 5.41) is 0. The number of methoxy groups -OCH3 is 2. The molecule has 0 N–H and O–H groups in total. The molecule has 0 spiro atoms. The van der Waals surface area contributed by atoms with Crippen LogP contribution in [-0.4, -0.2) is 68.7 Å². The molecule has 21 heavy (non-hydrogen) atoms. The molecule has 1 rings (SSSR count). The minimum atomic E-state index is -0.669. The van der Waals surface area contributed by atoms with E-state index >= 15 is 0 Å². The Morgan fingerprint density at radius 2 is 1.86 bits per heavy atom. The second-order valence-electron chi connectivity index (χ2n) is 5.89. The fourth-order valence-electron chi connectivity index (χ4n) is 2.10. The quantitative estimate of drug-likeness (QED) is 0.561. The van der Waals surface area contributed by atoms with E-state index in [2.05, 4.69) is 0 Å². The van der Waals surface area contributed by atoms with Gasteiger partial charge in [-0.3, -0.25) is 4.90 Å². The lowest BCUT2D eigenvalue weighted by atomic mass is 10.2. The number of carbonyl (C=O) groups excluding carboxylic acids is 2. The predicted octanol–water partition coefficient (Wildman–Crippen LogP) is 1.20. The minimum Gasteiger partial charge on any atom is -0.467 e. The number of ether oxygens (including phenoxy) is 4. The lowest BCUT2D eigenvalue weighted by Gasteiger charge is -2.27. The van der Waals surface area contributed by atoms with Crippen molar-refractivity contribution in [2.75, 3.05) is 34.0 Å². The van der Waals surface area contributed by atoms with Gasteiger partial charge in [0.25, 0.3) is 0 Å². The summed E-state index contributed by atoms with van der Waals surface area (Å²) >= 11 is 0. The highest BCUT2D eigenvalue weighted by Crippen LogP contribution is 2.24. The zero-order chi connectivity index (χ0) is 16.0. The van der Waals surface area contributed by atoms with Crippen molar-refractivity contribution >= 4 is 12.1 Å². The van der Waals surface area contributed by atoms with Gasteiger partial charge >= 0.3 is 12.1 Å². The highest BCUT2D eigenvalue weighted by molar-refractivity contribution is 5.82. The fourth-order valence-corrected chi connectivity index (χ4v) is 2.10. The molecule has 1 fully saturated rings. The van der Waals surface area contributed by atoms with Crippen LogP contribution in [0.25, 0.3) is 0 Å². The van der Waals surface area contributed by atoms with E-state index in [0.29, 0.717) is 26.2 Å². The summed E-state index contributed by atoms with van der Waals surface area (Å²) in [5.74, 6) is -0.460. The van der Waals surface area contributed by atoms with Crippen molar-refractivity contribution in [1.29, 1.82) is 0 Å². The van der Waals surface area contributed by atoms with Gasteiger partial charge in [-0.25, -0.2) is 9.59 Å². The summed E-state index contributed by atoms with van der Waals surface area (Å²) < 4.78 is 20.6. The first-order valence-corrected chi connectivity index (χ1v) is 6.96. The standard InChI is InChI=1S/C14H25NO6/c1-14(2,3)21-13(17)15-9-10(20-7-6-18-4)8-11(15)12(16)19-5/h10-11H,6-9H2,1-5H3/t10-,11?/m1/s1. The van der Waals surface area contributed by atoms with E-state index in [0.717, 1.165) is 0 Å². The predicted molar refractivity (Wildman–Crippen MR) is 75.0 cm³/mol. The summed E-state index contributed by atoms with van der Waals surface area (Å²) in [6.07, 6.45) is -0.358. The fraction of sp³-hybridized carbons (Fsp3) is 0.857. The Labute approximate surface area is 125 Å². The molecule has 0 aliphatic carbocycles. The van der Waals surface area contributed by atoms with Crippen LogP contribution in [0.3, 0.4) is 0 Å². The Kier molecular flexibility index (Phi) is 6.42. The van der Waals surface area contributed by atoms with E-state index in [-0.39, 0.29) is 6.10 Å². The van der Waals surface area contributed by atoms with Crippen LogP contribution < -0.4 is 0 Å². The van der Waals surface area contributed by atoms with Gasteiger partial charge in [-0.2, -0.15) is 0 Å². The number of nitrogens with zero attached hydrogens (tertiary/aromatic N) is 1. The first-order valence-electron chi connectivity index (χ1n) is 6.96. The van der Waals surface area contributed by atoms with Gasteiger partial charge in [-0.1, -0.05) is 0 Å². The second-order valence-corrected chi connectivity index (χ2v) is 5.89. The number of hydrogen-bond donors (Lipinski definition) is 0. The third-order valence-electron chi connectivity index (χ3n) is 3.00. The summed E-state index contributed by atoms with van der Waals surface area (Å²) in [5.41, 5.74) is -0.618. The molecule has 0 bridgehead atoms. The highest BCUT2D eigenvalue weighted by Gasteiger charge is 2.42. The van der Waals surface area contributed by atoms with Crippen LogP contribution in [0, 0.1) is 0 Å². The van der Waals surface area contributed by atoms with Gasteiger partial charge in [0.05, 0.1) is 33.0 Å². The van der Waals surface area contributed by atoms with Gasteiger partial charge in [0.15, 0.2) is 0 Å². The molecule has 1 amide bonds. The van der Waals surface area contributed by atoms with Crippen LogP contribution in [0.5, 0.6) is 0 Å². The topological polar surface area (TPSA) is 74.3 Å². The van der Waals surface area contributed by atoms with Crippen molar-refractivity contribution in [2.45, 2.75) is 44.9 Å². The zero-order valence-electron chi connectivity index (χ0n) is 13.4. The van der Waals surface area contributed by atoms with E-state index in [1.54, 1.807) is 27.9 Å². The molecule has 1 heterocycles. The largest absolute Gasteiger partial charge is 0.467 e. The van der Waals surface area contributed by atoms with Crippen molar-refractivity contribution in [2.24, 2.45) is 0 Å². The van der Waals surface area contributed by atoms with Gasteiger partial charge in [0.2, 0.25) is 0 Å². The Balaban J connectivity index is 2.69. The van der Waals surface area contributed by atoms with E-state index < -0.39 is 23.7 Å². The lowest BCUT2D eigenvalue weighted by molar-refractivity contribution is -0.145. The van der Waals surface area contributed by atoms with Crippen molar-refractivity contribution in [3.05, 3.63) is 0 Å². The van der Waals surface area contributed by atoms with Gasteiger partial charge < -0.3 is 18.9 Å². The van der Waals surface area contributed by atoms with Gasteiger partial charge in [0, 0.05) is 13.5 Å². The second kappa shape index (κ2) is 7.61. The molecule has 2 atom stereocenters. The van der Waals surface area contributed by atoms with Gasteiger partial charge in [0.1, 0.15) is 11.6 Å². The average Bonchev–Trinajstić information content (AvgIpc) is 2.80. The third kappa shape index (κ3) is 5.51. The smallest absolute Gasteiger partial charge is 0.411 e. The SMILES string of the molecule is COCCO[C@@H]1CC(C(=O)OC)N(C(=O)OC(C)(C)C)C1.